The van der Waals surface area contributed by atoms with Crippen LogP contribution in [0.5, 0.6) is 0 Å². The number of ether oxygens (including phenoxy) is 1. The number of carbonyl (C=O) groups excluding carboxylic acids is 1. The lowest BCUT2D eigenvalue weighted by molar-refractivity contribution is -0.126. The number of hydrogen-bond donors (Lipinski definition) is 2. The Morgan fingerprint density at radius 1 is 1.38 bits per heavy atom. The molecule has 1 aliphatic heterocycles. The third-order valence-corrected chi connectivity index (χ3v) is 3.25. The molecule has 0 aromatic carbocycles. The first-order valence-electron chi connectivity index (χ1n) is 6.17. The van der Waals surface area contributed by atoms with Crippen molar-refractivity contribution in [2.75, 3.05) is 19.8 Å². The summed E-state index contributed by atoms with van der Waals surface area (Å²) in [5.74, 6) is 0.537. The Labute approximate surface area is 98.1 Å². The van der Waals surface area contributed by atoms with Crippen molar-refractivity contribution >= 4 is 5.91 Å². The number of hydrogen-bond acceptors (Lipinski definition) is 3. The molecule has 3 unspecified atom stereocenters. The number of nitrogens with one attached hydrogen (secondary N) is 2. The van der Waals surface area contributed by atoms with E-state index in [1.165, 1.54) is 0 Å². The molecule has 4 nitrogen and oxygen atoms in total. The minimum absolute atomic E-state index is 0.0406. The summed E-state index contributed by atoms with van der Waals surface area (Å²) >= 11 is 0. The standard InChI is InChI=1S/C12H24N2O2/c1-5-13-11-7-16-6-10(11)12(15)14-9(4)8(2)3/h8-11,13H,5-7H2,1-4H3,(H,14,15). The first-order chi connectivity index (χ1) is 7.56. The first-order valence-corrected chi connectivity index (χ1v) is 6.17. The fraction of sp³-hybridized carbons (Fsp3) is 0.917. The van der Waals surface area contributed by atoms with Crippen LogP contribution in [0.2, 0.25) is 0 Å². The minimum atomic E-state index is -0.0406. The zero-order valence-corrected chi connectivity index (χ0v) is 10.7. The van der Waals surface area contributed by atoms with Crippen LogP contribution in [0.15, 0.2) is 0 Å². The average Bonchev–Trinajstić information content (AvgIpc) is 2.66. The molecule has 0 aliphatic carbocycles. The van der Waals surface area contributed by atoms with E-state index >= 15 is 0 Å². The molecule has 3 atom stereocenters. The maximum atomic E-state index is 12.0. The van der Waals surface area contributed by atoms with Crippen molar-refractivity contribution in [1.29, 1.82) is 0 Å². The summed E-state index contributed by atoms with van der Waals surface area (Å²) in [6.07, 6.45) is 0. The predicted molar refractivity (Wildman–Crippen MR) is 64.2 cm³/mol. The molecular formula is C12H24N2O2. The highest BCUT2D eigenvalue weighted by Crippen LogP contribution is 2.14. The van der Waals surface area contributed by atoms with Crippen LogP contribution in [-0.4, -0.2) is 37.7 Å². The van der Waals surface area contributed by atoms with E-state index in [1.807, 2.05) is 13.8 Å². The molecule has 1 heterocycles. The molecule has 1 amide bonds. The van der Waals surface area contributed by atoms with E-state index in [9.17, 15) is 4.79 Å². The van der Waals surface area contributed by atoms with Gasteiger partial charge in [-0.2, -0.15) is 0 Å². The minimum Gasteiger partial charge on any atom is -0.379 e. The van der Waals surface area contributed by atoms with Crippen molar-refractivity contribution in [3.8, 4) is 0 Å². The Morgan fingerprint density at radius 3 is 2.62 bits per heavy atom. The average molecular weight is 228 g/mol. The van der Waals surface area contributed by atoms with Crippen molar-refractivity contribution in [2.24, 2.45) is 11.8 Å². The highest BCUT2D eigenvalue weighted by atomic mass is 16.5. The number of carbonyl (C=O) groups is 1. The fourth-order valence-corrected chi connectivity index (χ4v) is 1.77. The number of likely N-dealkylation sites (N-methyl/N-ethyl adjacent to an activating group) is 1. The summed E-state index contributed by atoms with van der Waals surface area (Å²) in [6, 6.07) is 0.389. The second-order valence-corrected chi connectivity index (χ2v) is 4.85. The predicted octanol–water partition coefficient (Wildman–Crippen LogP) is 0.772. The number of amides is 1. The van der Waals surface area contributed by atoms with Crippen LogP contribution in [0, 0.1) is 11.8 Å². The molecule has 2 N–H and O–H groups in total. The quantitative estimate of drug-likeness (QED) is 0.731. The molecule has 1 saturated heterocycles. The van der Waals surface area contributed by atoms with Gasteiger partial charge in [0.25, 0.3) is 0 Å². The summed E-state index contributed by atoms with van der Waals surface area (Å²) in [5, 5.41) is 6.34. The van der Waals surface area contributed by atoms with Crippen LogP contribution in [-0.2, 0) is 9.53 Å². The Hall–Kier alpha value is -0.610. The Morgan fingerprint density at radius 2 is 2.06 bits per heavy atom. The number of rotatable bonds is 5. The maximum Gasteiger partial charge on any atom is 0.227 e. The normalized spacial score (nSPS) is 27.1. The molecule has 1 rings (SSSR count). The Kier molecular flexibility index (Phi) is 5.22. The molecule has 0 radical (unpaired) electrons. The van der Waals surface area contributed by atoms with Gasteiger partial charge in [-0.05, 0) is 19.4 Å². The molecule has 1 aliphatic rings. The summed E-state index contributed by atoms with van der Waals surface area (Å²) in [7, 11) is 0. The summed E-state index contributed by atoms with van der Waals surface area (Å²) < 4.78 is 5.36. The van der Waals surface area contributed by atoms with Gasteiger partial charge in [-0.1, -0.05) is 20.8 Å². The lowest BCUT2D eigenvalue weighted by Gasteiger charge is -2.22. The van der Waals surface area contributed by atoms with Crippen molar-refractivity contribution in [3.63, 3.8) is 0 Å². The zero-order valence-electron chi connectivity index (χ0n) is 10.7. The Balaban J connectivity index is 2.46. The maximum absolute atomic E-state index is 12.0. The van der Waals surface area contributed by atoms with Gasteiger partial charge in [-0.15, -0.1) is 0 Å². The van der Waals surface area contributed by atoms with E-state index in [0.717, 1.165) is 6.54 Å². The zero-order chi connectivity index (χ0) is 12.1. The van der Waals surface area contributed by atoms with Gasteiger partial charge in [-0.25, -0.2) is 0 Å². The van der Waals surface area contributed by atoms with Crippen LogP contribution >= 0.6 is 0 Å². The van der Waals surface area contributed by atoms with Gasteiger partial charge in [0.1, 0.15) is 0 Å². The summed E-state index contributed by atoms with van der Waals surface area (Å²) in [4.78, 5) is 12.0. The van der Waals surface area contributed by atoms with Crippen LogP contribution < -0.4 is 10.6 Å². The molecule has 0 aromatic rings. The van der Waals surface area contributed by atoms with E-state index in [2.05, 4.69) is 24.5 Å². The van der Waals surface area contributed by atoms with Crippen LogP contribution in [0.4, 0.5) is 0 Å². The van der Waals surface area contributed by atoms with Gasteiger partial charge in [0, 0.05) is 12.1 Å². The highest BCUT2D eigenvalue weighted by Gasteiger charge is 2.33. The smallest absolute Gasteiger partial charge is 0.227 e. The second kappa shape index (κ2) is 6.21. The van der Waals surface area contributed by atoms with Gasteiger partial charge >= 0.3 is 0 Å². The molecule has 0 saturated carbocycles. The van der Waals surface area contributed by atoms with Gasteiger partial charge in [0.15, 0.2) is 0 Å². The monoisotopic (exact) mass is 228 g/mol. The van der Waals surface area contributed by atoms with E-state index in [1.54, 1.807) is 0 Å². The van der Waals surface area contributed by atoms with Gasteiger partial charge in [0.05, 0.1) is 19.1 Å². The van der Waals surface area contributed by atoms with E-state index < -0.39 is 0 Å². The van der Waals surface area contributed by atoms with Gasteiger partial charge in [-0.3, -0.25) is 4.79 Å². The van der Waals surface area contributed by atoms with Crippen molar-refractivity contribution in [2.45, 2.75) is 39.8 Å². The van der Waals surface area contributed by atoms with Crippen molar-refractivity contribution < 1.29 is 9.53 Å². The summed E-state index contributed by atoms with van der Waals surface area (Å²) in [6.45, 7) is 10.4. The summed E-state index contributed by atoms with van der Waals surface area (Å²) in [5.41, 5.74) is 0. The van der Waals surface area contributed by atoms with Crippen molar-refractivity contribution in [3.05, 3.63) is 0 Å². The molecule has 4 heteroatoms. The largest absolute Gasteiger partial charge is 0.379 e. The topological polar surface area (TPSA) is 50.4 Å². The van der Waals surface area contributed by atoms with Gasteiger partial charge < -0.3 is 15.4 Å². The lowest BCUT2D eigenvalue weighted by atomic mass is 10.0. The third kappa shape index (κ3) is 3.46. The highest BCUT2D eigenvalue weighted by molar-refractivity contribution is 5.80. The van der Waals surface area contributed by atoms with E-state index in [4.69, 9.17) is 4.74 Å². The molecule has 94 valence electrons. The van der Waals surface area contributed by atoms with Crippen LogP contribution in [0.3, 0.4) is 0 Å². The first kappa shape index (κ1) is 13.5. The molecule has 0 bridgehead atoms. The van der Waals surface area contributed by atoms with E-state index in [0.29, 0.717) is 19.1 Å². The second-order valence-electron chi connectivity index (χ2n) is 4.85. The molecule has 0 aromatic heterocycles. The molecular weight excluding hydrogens is 204 g/mol. The molecule has 16 heavy (non-hydrogen) atoms. The van der Waals surface area contributed by atoms with Crippen LogP contribution in [0.1, 0.15) is 27.7 Å². The molecule has 0 spiro atoms. The SMILES string of the molecule is CCNC1COCC1C(=O)NC(C)C(C)C. The fourth-order valence-electron chi connectivity index (χ4n) is 1.77. The lowest BCUT2D eigenvalue weighted by Crippen LogP contribution is -2.47. The van der Waals surface area contributed by atoms with Gasteiger partial charge in [0.2, 0.25) is 5.91 Å². The third-order valence-electron chi connectivity index (χ3n) is 3.25. The van der Waals surface area contributed by atoms with E-state index in [-0.39, 0.29) is 23.9 Å². The van der Waals surface area contributed by atoms with Crippen molar-refractivity contribution in [1.82, 2.24) is 10.6 Å². The molecule has 1 fully saturated rings. The van der Waals surface area contributed by atoms with Crippen LogP contribution in [0.25, 0.3) is 0 Å². The Bertz CT molecular complexity index is 231.